The maximum atomic E-state index is 15.2. The first-order valence-corrected chi connectivity index (χ1v) is 21.4. The molecule has 0 spiro atoms. The van der Waals surface area contributed by atoms with E-state index in [0.717, 1.165) is 19.3 Å². The van der Waals surface area contributed by atoms with Gasteiger partial charge in [-0.05, 0) is 100 Å². The second-order valence-corrected chi connectivity index (χ2v) is 18.8. The molecule has 2 saturated carbocycles. The van der Waals surface area contributed by atoms with Crippen LogP contribution in [0.2, 0.25) is 0 Å². The first kappa shape index (κ1) is 41.9. The molecule has 0 unspecified atom stereocenters. The van der Waals surface area contributed by atoms with Crippen LogP contribution in [0.4, 0.5) is 4.39 Å². The number of hydrogen-bond acceptors (Lipinski definition) is 9. The van der Waals surface area contributed by atoms with Gasteiger partial charge >= 0.3 is 0 Å². The van der Waals surface area contributed by atoms with Crippen LogP contribution in [0.25, 0.3) is 22.0 Å². The number of carbonyl (C=O) groups is 3. The number of nitrogens with one attached hydrogen (secondary N) is 2. The van der Waals surface area contributed by atoms with E-state index in [1.54, 1.807) is 38.3 Å². The molecule has 12 nitrogen and oxygen atoms in total. The minimum atomic E-state index is -3.97. The zero-order valence-corrected chi connectivity index (χ0v) is 34.7. The predicted molar refractivity (Wildman–Crippen MR) is 216 cm³/mol. The molecule has 308 valence electrons. The Morgan fingerprint density at radius 1 is 1.09 bits per heavy atom. The van der Waals surface area contributed by atoms with Gasteiger partial charge in [-0.3, -0.25) is 19.1 Å². The number of allylic oxidation sites excluding steroid dienone is 1. The second kappa shape index (κ2) is 16.6. The molecule has 1 aliphatic heterocycles. The summed E-state index contributed by atoms with van der Waals surface area (Å²) in [7, 11) is -2.42. The summed E-state index contributed by atoms with van der Waals surface area (Å²) in [5.74, 6) is -1.60. The molecule has 3 aromatic rings. The molecule has 3 fully saturated rings. The van der Waals surface area contributed by atoms with Crippen LogP contribution >= 0.6 is 0 Å². The fraction of sp³-hybridized carbons (Fsp3) is 0.535. The molecule has 3 amide bonds. The highest BCUT2D eigenvalue weighted by Crippen LogP contribution is 2.47. The van der Waals surface area contributed by atoms with Gasteiger partial charge in [-0.2, -0.15) is 0 Å². The number of benzene rings is 2. The topological polar surface area (TPSA) is 153 Å². The summed E-state index contributed by atoms with van der Waals surface area (Å²) in [5, 5.41) is 4.28. The zero-order chi connectivity index (χ0) is 41.3. The molecule has 6 rings (SSSR count). The van der Waals surface area contributed by atoms with Gasteiger partial charge in [0.1, 0.15) is 23.4 Å². The van der Waals surface area contributed by atoms with Crippen molar-refractivity contribution in [2.45, 2.75) is 121 Å². The van der Waals surface area contributed by atoms with E-state index in [2.05, 4.69) is 17.0 Å². The van der Waals surface area contributed by atoms with Crippen LogP contribution in [0, 0.1) is 17.7 Å². The van der Waals surface area contributed by atoms with Crippen LogP contribution in [0.15, 0.2) is 54.6 Å². The molecule has 2 heterocycles. The number of nitrogens with zero attached hydrogens (tertiary/aromatic N) is 2. The van der Waals surface area contributed by atoms with Crippen molar-refractivity contribution in [2.24, 2.45) is 11.8 Å². The van der Waals surface area contributed by atoms with E-state index in [0.29, 0.717) is 40.6 Å². The number of halogens is 1. The largest absolute Gasteiger partial charge is 0.497 e. The minimum Gasteiger partial charge on any atom is -0.497 e. The van der Waals surface area contributed by atoms with Crippen molar-refractivity contribution in [3.8, 4) is 28.6 Å². The first-order chi connectivity index (χ1) is 27.0. The van der Waals surface area contributed by atoms with Gasteiger partial charge in [0.2, 0.25) is 27.7 Å². The normalized spacial score (nSPS) is 22.6. The number of unbranched alkanes of at least 4 members (excludes halogenated alkanes) is 2. The van der Waals surface area contributed by atoms with Crippen LogP contribution < -0.4 is 24.2 Å². The molecule has 1 saturated heterocycles. The van der Waals surface area contributed by atoms with Crippen molar-refractivity contribution in [2.75, 3.05) is 13.7 Å². The van der Waals surface area contributed by atoms with Crippen LogP contribution in [0.1, 0.15) is 92.9 Å². The number of ether oxygens (including phenoxy) is 3. The molecule has 2 aromatic carbocycles. The lowest BCUT2D eigenvalue weighted by atomic mass is 10.1. The van der Waals surface area contributed by atoms with Gasteiger partial charge in [0.25, 0.3) is 5.91 Å². The van der Waals surface area contributed by atoms with Gasteiger partial charge in [0, 0.05) is 29.7 Å². The highest BCUT2D eigenvalue weighted by molar-refractivity contribution is 7.91. The average molecular weight is 807 g/mol. The molecule has 2 aliphatic carbocycles. The third kappa shape index (κ3) is 9.21. The van der Waals surface area contributed by atoms with Crippen molar-refractivity contribution in [1.82, 2.24) is 19.9 Å². The summed E-state index contributed by atoms with van der Waals surface area (Å²) in [4.78, 5) is 48.3. The Labute approximate surface area is 335 Å². The van der Waals surface area contributed by atoms with E-state index in [9.17, 15) is 22.8 Å². The Kier molecular flexibility index (Phi) is 12.2. The van der Waals surface area contributed by atoms with E-state index in [1.807, 2.05) is 52.0 Å². The maximum Gasteiger partial charge on any atom is 0.259 e. The van der Waals surface area contributed by atoms with E-state index in [1.165, 1.54) is 11.0 Å². The first-order valence-electron chi connectivity index (χ1n) is 20.0. The zero-order valence-electron chi connectivity index (χ0n) is 33.9. The van der Waals surface area contributed by atoms with Gasteiger partial charge in [0.15, 0.2) is 11.6 Å². The SMILES string of the molecule is CCCC/C=C\[C@@H]1C[C@]1(NC(=O)[C@@H]1C[C@@H](Oc2nc(-c3ccc(OC(C)C)c(F)c3)cc3cc(OC)ccc23)CN1C(=O)CC(C)C)C(=O)NS(=O)(=O)C1(C)CC1. The smallest absolute Gasteiger partial charge is 0.259 e. The lowest BCUT2D eigenvalue weighted by molar-refractivity contribution is -0.140. The van der Waals surface area contributed by atoms with E-state index in [4.69, 9.17) is 19.2 Å². The predicted octanol–water partition coefficient (Wildman–Crippen LogP) is 6.85. The fourth-order valence-corrected chi connectivity index (χ4v) is 8.57. The average Bonchev–Trinajstić information content (AvgIpc) is 4.03. The monoisotopic (exact) mass is 806 g/mol. The molecule has 14 heteroatoms. The quantitative estimate of drug-likeness (QED) is 0.110. The van der Waals surface area contributed by atoms with Crippen molar-refractivity contribution in [3.05, 3.63) is 60.4 Å². The molecule has 3 aliphatic rings. The number of sulfonamides is 1. The lowest BCUT2D eigenvalue weighted by Crippen LogP contribution is -2.57. The third-order valence-corrected chi connectivity index (χ3v) is 13.2. The summed E-state index contributed by atoms with van der Waals surface area (Å²) >= 11 is 0. The molecule has 1 aromatic heterocycles. The fourth-order valence-electron chi connectivity index (χ4n) is 7.26. The Bertz CT molecular complexity index is 2150. The molecule has 4 atom stereocenters. The van der Waals surface area contributed by atoms with Crippen molar-refractivity contribution in [3.63, 3.8) is 0 Å². The molecule has 0 radical (unpaired) electrons. The number of rotatable bonds is 17. The number of likely N-dealkylation sites (tertiary alicyclic amines) is 1. The van der Waals surface area contributed by atoms with Gasteiger partial charge in [-0.1, -0.05) is 45.8 Å². The van der Waals surface area contributed by atoms with E-state index >= 15 is 4.39 Å². The number of fused-ring (bicyclic) bond motifs is 1. The Morgan fingerprint density at radius 2 is 1.84 bits per heavy atom. The summed E-state index contributed by atoms with van der Waals surface area (Å²) in [6.07, 6.45) is 7.05. The van der Waals surface area contributed by atoms with Crippen LogP contribution in [0.5, 0.6) is 17.4 Å². The van der Waals surface area contributed by atoms with Gasteiger partial charge in [0.05, 0.1) is 30.2 Å². The van der Waals surface area contributed by atoms with Gasteiger partial charge in [-0.15, -0.1) is 0 Å². The van der Waals surface area contributed by atoms with Crippen LogP contribution in [0.3, 0.4) is 0 Å². The lowest BCUT2D eigenvalue weighted by Gasteiger charge is -2.27. The summed E-state index contributed by atoms with van der Waals surface area (Å²) in [6, 6.07) is 10.8. The number of methoxy groups -OCH3 is 1. The van der Waals surface area contributed by atoms with Crippen LogP contribution in [-0.4, -0.2) is 78.2 Å². The van der Waals surface area contributed by atoms with E-state index in [-0.39, 0.29) is 55.4 Å². The van der Waals surface area contributed by atoms with E-state index < -0.39 is 56.0 Å². The number of aromatic nitrogens is 1. The van der Waals surface area contributed by atoms with Crippen molar-refractivity contribution < 1.29 is 41.4 Å². The third-order valence-electron chi connectivity index (χ3n) is 11.0. The Hall–Kier alpha value is -4.72. The minimum absolute atomic E-state index is 0.00311. The van der Waals surface area contributed by atoms with Gasteiger partial charge in [-0.25, -0.2) is 17.8 Å². The summed E-state index contributed by atoms with van der Waals surface area (Å²) in [5.41, 5.74) is -0.574. The highest BCUT2D eigenvalue weighted by atomic mass is 32.2. The van der Waals surface area contributed by atoms with Crippen LogP contribution in [-0.2, 0) is 24.4 Å². The Balaban J connectivity index is 1.30. The number of carbonyl (C=O) groups excluding carboxylic acids is 3. The molecule has 2 N–H and O–H groups in total. The summed E-state index contributed by atoms with van der Waals surface area (Å²) < 4.78 is 60.4. The molecule has 57 heavy (non-hydrogen) atoms. The molecular formula is C43H55FN4O8S. The standard InChI is InChI=1S/C43H55FN4O8S/c1-8-9-10-11-12-30-24-43(30,41(51)47-57(52,53)42(6)17-18-42)46-39(50)36-23-32(25-48(36)38(49)19-26(2)3)56-40-33-15-14-31(54-7)20-29(33)22-35(45-40)28-13-16-37(34(44)21-28)55-27(4)5/h11-16,20-22,26-27,30,32,36H,8-10,17-19,23-25H2,1-7H3,(H,46,50)(H,47,51)/b12-11-/t30-,32-,36+,43-/m1/s1. The highest BCUT2D eigenvalue weighted by Gasteiger charge is 2.63. The van der Waals surface area contributed by atoms with Gasteiger partial charge < -0.3 is 24.4 Å². The second-order valence-electron chi connectivity index (χ2n) is 16.6. The molecule has 0 bridgehead atoms. The maximum absolute atomic E-state index is 15.2. The number of amides is 3. The number of pyridine rings is 1. The van der Waals surface area contributed by atoms with Crippen molar-refractivity contribution >= 4 is 38.5 Å². The Morgan fingerprint density at radius 3 is 2.49 bits per heavy atom. The number of hydrogen-bond donors (Lipinski definition) is 2. The molecular weight excluding hydrogens is 752 g/mol. The van der Waals surface area contributed by atoms with Crippen molar-refractivity contribution in [1.29, 1.82) is 0 Å². The summed E-state index contributed by atoms with van der Waals surface area (Å²) in [6.45, 7) is 11.2.